The first-order chi connectivity index (χ1) is 17.5. The number of benzene rings is 3. The molecule has 1 N–H and O–H groups in total. The maximum absolute atomic E-state index is 4.87. The van der Waals surface area contributed by atoms with E-state index in [4.69, 9.17) is 5.10 Å². The average molecular weight is 470 g/mol. The summed E-state index contributed by atoms with van der Waals surface area (Å²) in [5, 5.41) is 8.67. The van der Waals surface area contributed by atoms with E-state index >= 15 is 0 Å². The third kappa shape index (κ3) is 3.91. The third-order valence-electron chi connectivity index (χ3n) is 7.67. The van der Waals surface area contributed by atoms with Gasteiger partial charge in [0.15, 0.2) is 0 Å². The van der Waals surface area contributed by atoms with Gasteiger partial charge in [0.1, 0.15) is 0 Å². The van der Waals surface area contributed by atoms with Crippen molar-refractivity contribution >= 4 is 11.2 Å². The molecular weight excluding hydrogens is 438 g/mol. The van der Waals surface area contributed by atoms with Crippen molar-refractivity contribution in [2.45, 2.75) is 38.6 Å². The number of fused-ring (bicyclic) bond motifs is 1. The highest BCUT2D eigenvalue weighted by Gasteiger charge is 2.38. The molecule has 0 atom stereocenters. The number of aryl methyl sites for hydroxylation is 2. The number of nitrogens with one attached hydrogen (secondary N) is 1. The van der Waals surface area contributed by atoms with Crippen molar-refractivity contribution in [1.29, 1.82) is 0 Å². The largest absolute Gasteiger partial charge is 0.376 e. The molecule has 36 heavy (non-hydrogen) atoms. The predicted molar refractivity (Wildman–Crippen MR) is 150 cm³/mol. The van der Waals surface area contributed by atoms with Crippen molar-refractivity contribution in [2.75, 3.05) is 0 Å². The monoisotopic (exact) mass is 469 g/mol. The summed E-state index contributed by atoms with van der Waals surface area (Å²) in [6.45, 7) is 8.70. The zero-order chi connectivity index (χ0) is 24.7. The van der Waals surface area contributed by atoms with Crippen LogP contribution in [0.2, 0.25) is 0 Å². The van der Waals surface area contributed by atoms with Gasteiger partial charge in [0.25, 0.3) is 0 Å². The summed E-state index contributed by atoms with van der Waals surface area (Å²) < 4.78 is 1.98. The minimum Gasteiger partial charge on any atom is -0.376 e. The molecule has 2 aromatic heterocycles. The van der Waals surface area contributed by atoms with Crippen LogP contribution in [0, 0.1) is 13.8 Å². The first-order valence-corrected chi connectivity index (χ1v) is 12.7. The lowest BCUT2D eigenvalue weighted by atomic mass is 9.71. The van der Waals surface area contributed by atoms with Crippen LogP contribution in [0.1, 0.15) is 41.5 Å². The number of aromatic nitrogens is 2. The van der Waals surface area contributed by atoms with Gasteiger partial charge in [0.2, 0.25) is 0 Å². The molecule has 1 aliphatic rings. The van der Waals surface area contributed by atoms with Crippen LogP contribution in [0.3, 0.4) is 0 Å². The van der Waals surface area contributed by atoms with Crippen LogP contribution in [-0.4, -0.2) is 9.61 Å². The Hall–Kier alpha value is -4.11. The predicted octanol–water partition coefficient (Wildman–Crippen LogP) is 7.92. The first-order valence-electron chi connectivity index (χ1n) is 12.7. The summed E-state index contributed by atoms with van der Waals surface area (Å²) in [7, 11) is 0. The van der Waals surface area contributed by atoms with Gasteiger partial charge in [-0.15, -0.1) is 0 Å². The van der Waals surface area contributed by atoms with Gasteiger partial charge in [-0.1, -0.05) is 84.9 Å². The summed E-state index contributed by atoms with van der Waals surface area (Å²) in [6, 6.07) is 32.4. The Balaban J connectivity index is 1.30. The average Bonchev–Trinajstić information content (AvgIpc) is 3.23. The van der Waals surface area contributed by atoms with Gasteiger partial charge in [-0.2, -0.15) is 5.10 Å². The molecule has 1 aliphatic carbocycles. The number of pyridine rings is 1. The van der Waals surface area contributed by atoms with E-state index in [0.717, 1.165) is 40.9 Å². The maximum atomic E-state index is 4.87. The van der Waals surface area contributed by atoms with Crippen molar-refractivity contribution in [3.63, 3.8) is 0 Å². The van der Waals surface area contributed by atoms with Gasteiger partial charge in [-0.25, -0.2) is 4.52 Å². The van der Waals surface area contributed by atoms with Crippen molar-refractivity contribution in [1.82, 2.24) is 14.9 Å². The van der Waals surface area contributed by atoms with Crippen LogP contribution in [0.4, 0.5) is 0 Å². The second-order valence-corrected chi connectivity index (χ2v) is 10.1. The SMILES string of the molecule is C=C(NC1(c2ccccc2)CCC1)c1cccc(-c2ccn3nc(-c4ccc(C)cc4)c(C)c3c2)c1. The third-order valence-corrected chi connectivity index (χ3v) is 7.67. The molecule has 1 saturated carbocycles. The van der Waals surface area contributed by atoms with E-state index in [2.05, 4.69) is 123 Å². The molecule has 0 bridgehead atoms. The lowest BCUT2D eigenvalue weighted by molar-refractivity contribution is 0.216. The molecule has 2 heterocycles. The van der Waals surface area contributed by atoms with E-state index in [1.807, 2.05) is 4.52 Å². The highest BCUT2D eigenvalue weighted by atomic mass is 15.2. The highest BCUT2D eigenvalue weighted by molar-refractivity contribution is 5.78. The number of hydrogen-bond donors (Lipinski definition) is 1. The Kier molecular flexibility index (Phi) is 5.49. The van der Waals surface area contributed by atoms with Crippen molar-refractivity contribution in [3.05, 3.63) is 126 Å². The van der Waals surface area contributed by atoms with Gasteiger partial charge in [0.05, 0.1) is 16.7 Å². The normalized spacial score (nSPS) is 14.4. The Labute approximate surface area is 213 Å². The number of nitrogens with zero attached hydrogens (tertiary/aromatic N) is 2. The number of hydrogen-bond acceptors (Lipinski definition) is 2. The standard InChI is InChI=1S/C33H31N3/c1-23-13-15-26(16-14-23)32-24(2)31-22-29(17-20-36(31)35-32)28-10-7-9-27(21-28)25(3)34-33(18-8-19-33)30-11-5-4-6-12-30/h4-7,9-17,20-22,34H,3,8,18-19H2,1-2H3. The van der Waals surface area contributed by atoms with Gasteiger partial charge in [-0.3, -0.25) is 0 Å². The lowest BCUT2D eigenvalue weighted by Crippen LogP contribution is -2.46. The van der Waals surface area contributed by atoms with E-state index in [1.54, 1.807) is 0 Å². The molecule has 0 saturated heterocycles. The van der Waals surface area contributed by atoms with E-state index in [-0.39, 0.29) is 5.54 Å². The summed E-state index contributed by atoms with van der Waals surface area (Å²) in [5.74, 6) is 0. The molecule has 1 fully saturated rings. The highest BCUT2D eigenvalue weighted by Crippen LogP contribution is 2.42. The van der Waals surface area contributed by atoms with E-state index < -0.39 is 0 Å². The van der Waals surface area contributed by atoms with Crippen LogP contribution >= 0.6 is 0 Å². The molecule has 3 aromatic carbocycles. The van der Waals surface area contributed by atoms with Crippen LogP contribution in [0.5, 0.6) is 0 Å². The maximum Gasteiger partial charge on any atom is 0.0962 e. The van der Waals surface area contributed by atoms with Crippen LogP contribution in [-0.2, 0) is 5.54 Å². The summed E-state index contributed by atoms with van der Waals surface area (Å²) in [6.07, 6.45) is 5.57. The molecule has 0 aliphatic heterocycles. The molecule has 178 valence electrons. The zero-order valence-electron chi connectivity index (χ0n) is 21.0. The van der Waals surface area contributed by atoms with Gasteiger partial charge >= 0.3 is 0 Å². The minimum absolute atomic E-state index is 0.00561. The summed E-state index contributed by atoms with van der Waals surface area (Å²) >= 11 is 0. The summed E-state index contributed by atoms with van der Waals surface area (Å²) in [5.41, 5.74) is 11.6. The van der Waals surface area contributed by atoms with Crippen LogP contribution in [0.25, 0.3) is 33.6 Å². The molecule has 3 heteroatoms. The van der Waals surface area contributed by atoms with Crippen molar-refractivity contribution in [3.8, 4) is 22.4 Å². The Morgan fingerprint density at radius 2 is 1.58 bits per heavy atom. The fourth-order valence-electron chi connectivity index (χ4n) is 5.35. The molecule has 0 amide bonds. The Morgan fingerprint density at radius 3 is 2.31 bits per heavy atom. The van der Waals surface area contributed by atoms with E-state index in [9.17, 15) is 0 Å². The Morgan fingerprint density at radius 1 is 0.833 bits per heavy atom. The number of rotatable bonds is 6. The summed E-state index contributed by atoms with van der Waals surface area (Å²) in [4.78, 5) is 0. The lowest BCUT2D eigenvalue weighted by Gasteiger charge is -2.44. The Bertz CT molecular complexity index is 1550. The molecule has 0 spiro atoms. The smallest absolute Gasteiger partial charge is 0.0962 e. The van der Waals surface area contributed by atoms with Crippen LogP contribution in [0.15, 0.2) is 104 Å². The fraction of sp³-hybridized carbons (Fsp3) is 0.182. The quantitative estimate of drug-likeness (QED) is 0.274. The molecule has 0 unspecified atom stereocenters. The second kappa shape index (κ2) is 8.83. The van der Waals surface area contributed by atoms with Crippen LogP contribution < -0.4 is 5.32 Å². The van der Waals surface area contributed by atoms with E-state index in [1.165, 1.54) is 34.2 Å². The second-order valence-electron chi connectivity index (χ2n) is 10.1. The molecule has 0 radical (unpaired) electrons. The van der Waals surface area contributed by atoms with Crippen molar-refractivity contribution < 1.29 is 0 Å². The molecule has 5 aromatic rings. The minimum atomic E-state index is -0.00561. The van der Waals surface area contributed by atoms with Gasteiger partial charge in [-0.05, 0) is 73.6 Å². The molecular formula is C33H31N3. The van der Waals surface area contributed by atoms with Crippen molar-refractivity contribution in [2.24, 2.45) is 0 Å². The molecule has 6 rings (SSSR count). The van der Waals surface area contributed by atoms with Gasteiger partial charge < -0.3 is 5.32 Å². The zero-order valence-corrected chi connectivity index (χ0v) is 21.0. The first kappa shape index (κ1) is 22.4. The van der Waals surface area contributed by atoms with Gasteiger partial charge in [0, 0.05) is 23.0 Å². The fourth-order valence-corrected chi connectivity index (χ4v) is 5.35. The molecule has 3 nitrogen and oxygen atoms in total. The van der Waals surface area contributed by atoms with E-state index in [0.29, 0.717) is 0 Å². The topological polar surface area (TPSA) is 29.3 Å².